The van der Waals surface area contributed by atoms with Crippen LogP contribution in [0.4, 0.5) is 18.9 Å². The number of rotatable bonds is 12. The number of hydrogen-bond donors (Lipinski definition) is 3. The molecule has 0 atom stereocenters. The minimum Gasteiger partial charge on any atom is -0.352 e. The highest BCUT2D eigenvalue weighted by Crippen LogP contribution is 2.29. The number of carbonyl (C=O) groups is 2. The Morgan fingerprint density at radius 2 is 1.42 bits per heavy atom. The van der Waals surface area contributed by atoms with Gasteiger partial charge >= 0.3 is 6.18 Å². The molecule has 0 unspecified atom stereocenters. The van der Waals surface area contributed by atoms with Gasteiger partial charge < -0.3 is 20.3 Å². The van der Waals surface area contributed by atoms with Crippen LogP contribution in [0.2, 0.25) is 0 Å². The fourth-order valence-corrected chi connectivity index (χ4v) is 4.38. The van der Waals surface area contributed by atoms with E-state index in [-0.39, 0.29) is 18.4 Å². The summed E-state index contributed by atoms with van der Waals surface area (Å²) in [4.78, 5) is 29.3. The van der Waals surface area contributed by atoms with Crippen molar-refractivity contribution in [3.63, 3.8) is 0 Å². The smallest absolute Gasteiger partial charge is 0.352 e. The Morgan fingerprint density at radius 3 is 2.00 bits per heavy atom. The van der Waals surface area contributed by atoms with Crippen molar-refractivity contribution in [1.82, 2.24) is 20.9 Å². The first-order valence-electron chi connectivity index (χ1n) is 14.3. The molecule has 0 bridgehead atoms. The second-order valence-corrected chi connectivity index (χ2v) is 11.1. The molecule has 0 radical (unpaired) electrons. The number of amides is 2. The highest BCUT2D eigenvalue weighted by atomic mass is 32.2. The number of aromatic nitrogens is 1. The Labute approximate surface area is 266 Å². The van der Waals surface area contributed by atoms with Crippen LogP contribution in [0.5, 0.6) is 0 Å². The van der Waals surface area contributed by atoms with Crippen molar-refractivity contribution in [1.29, 1.82) is 0 Å². The standard InChI is InChI=1S/C27H30F3N5O2S.C7H8/c1-35(38-2)24-13-21(12-22(14-24)26(37)34-17-19-7-4-3-5-8-19)25(36)33-10-6-9-31-15-20-11-23(18-32-16-20)27(28,29)30;1-7-5-3-2-4-6-7/h3-5,7-8,11-14,16,18,31H,6,9-10,15,17H2,1-2H3,(H,33,36)(H,34,37);2-6H,1H3. The van der Waals surface area contributed by atoms with Crippen molar-refractivity contribution in [2.75, 3.05) is 30.7 Å². The van der Waals surface area contributed by atoms with Gasteiger partial charge in [0.1, 0.15) is 0 Å². The van der Waals surface area contributed by atoms with E-state index in [4.69, 9.17) is 0 Å². The van der Waals surface area contributed by atoms with Crippen LogP contribution in [-0.4, -0.2) is 43.2 Å². The molecule has 0 aliphatic carbocycles. The summed E-state index contributed by atoms with van der Waals surface area (Å²) in [5.41, 5.74) is 3.38. The maximum atomic E-state index is 12.8. The van der Waals surface area contributed by atoms with Crippen LogP contribution in [0.3, 0.4) is 0 Å². The van der Waals surface area contributed by atoms with Crippen LogP contribution < -0.4 is 20.3 Å². The third-order valence-corrected chi connectivity index (χ3v) is 7.34. The van der Waals surface area contributed by atoms with Gasteiger partial charge in [-0.05, 0) is 55.3 Å². The molecule has 11 heteroatoms. The number of nitrogens with zero attached hydrogens (tertiary/aromatic N) is 2. The molecule has 0 saturated heterocycles. The van der Waals surface area contributed by atoms with Gasteiger partial charge in [-0.15, -0.1) is 0 Å². The Kier molecular flexibility index (Phi) is 13.9. The Morgan fingerprint density at radius 1 is 0.800 bits per heavy atom. The first-order valence-corrected chi connectivity index (χ1v) is 15.5. The molecular formula is C34H38F3N5O2S. The van der Waals surface area contributed by atoms with Crippen molar-refractivity contribution in [2.24, 2.45) is 0 Å². The molecule has 45 heavy (non-hydrogen) atoms. The third kappa shape index (κ3) is 12.3. The maximum absolute atomic E-state index is 12.8. The van der Waals surface area contributed by atoms with Gasteiger partial charge in [0.05, 0.1) is 5.56 Å². The number of nitrogens with one attached hydrogen (secondary N) is 3. The van der Waals surface area contributed by atoms with Crippen LogP contribution in [-0.2, 0) is 19.3 Å². The Hall–Kier alpha value is -4.35. The summed E-state index contributed by atoms with van der Waals surface area (Å²) in [6.45, 7) is 3.52. The molecule has 0 aliphatic heterocycles. The van der Waals surface area contributed by atoms with Gasteiger partial charge in [0.2, 0.25) is 0 Å². The Balaban J connectivity index is 0.000000693. The zero-order valence-corrected chi connectivity index (χ0v) is 26.3. The van der Waals surface area contributed by atoms with Crippen molar-refractivity contribution in [3.8, 4) is 0 Å². The van der Waals surface area contributed by atoms with Crippen molar-refractivity contribution in [2.45, 2.75) is 32.6 Å². The lowest BCUT2D eigenvalue weighted by atomic mass is 10.1. The van der Waals surface area contributed by atoms with Gasteiger partial charge in [-0.1, -0.05) is 78.2 Å². The molecule has 2 amide bonds. The van der Waals surface area contributed by atoms with Crippen molar-refractivity contribution < 1.29 is 22.8 Å². The molecule has 4 rings (SSSR count). The quantitative estimate of drug-likeness (QED) is 0.119. The fraction of sp³-hybridized carbons (Fsp3) is 0.265. The number of hydrogen-bond acceptors (Lipinski definition) is 6. The van der Waals surface area contributed by atoms with E-state index in [9.17, 15) is 22.8 Å². The average molecular weight is 638 g/mol. The zero-order valence-electron chi connectivity index (χ0n) is 25.5. The van der Waals surface area contributed by atoms with Gasteiger partial charge in [0, 0.05) is 62.1 Å². The minimum absolute atomic E-state index is 0.232. The number of carbonyl (C=O) groups excluding carboxylic acids is 2. The average Bonchev–Trinajstić information content (AvgIpc) is 3.05. The number of aryl methyl sites for hydroxylation is 1. The van der Waals surface area contributed by atoms with E-state index in [1.165, 1.54) is 23.7 Å². The fourth-order valence-electron chi connectivity index (χ4n) is 4.06. The molecule has 3 aromatic carbocycles. The molecule has 0 aliphatic rings. The van der Waals surface area contributed by atoms with Gasteiger partial charge in [-0.2, -0.15) is 13.2 Å². The van der Waals surface area contributed by atoms with E-state index in [2.05, 4.69) is 40.0 Å². The van der Waals surface area contributed by atoms with E-state index in [1.54, 1.807) is 18.2 Å². The van der Waals surface area contributed by atoms with E-state index >= 15 is 0 Å². The molecule has 238 valence electrons. The molecule has 1 heterocycles. The van der Waals surface area contributed by atoms with Gasteiger partial charge in [-0.25, -0.2) is 0 Å². The number of alkyl halides is 3. The van der Waals surface area contributed by atoms with Crippen LogP contribution in [0.15, 0.2) is 97.3 Å². The molecule has 0 saturated carbocycles. The van der Waals surface area contributed by atoms with E-state index in [0.29, 0.717) is 48.4 Å². The molecule has 3 N–H and O–H groups in total. The van der Waals surface area contributed by atoms with E-state index in [0.717, 1.165) is 17.8 Å². The van der Waals surface area contributed by atoms with Crippen molar-refractivity contribution >= 4 is 29.4 Å². The summed E-state index contributed by atoms with van der Waals surface area (Å²) in [7, 11) is 1.85. The minimum atomic E-state index is -4.43. The molecule has 0 fully saturated rings. The summed E-state index contributed by atoms with van der Waals surface area (Å²) in [6, 6.07) is 25.9. The summed E-state index contributed by atoms with van der Waals surface area (Å²) in [5.74, 6) is -0.604. The van der Waals surface area contributed by atoms with Crippen molar-refractivity contribution in [3.05, 3.63) is 131 Å². The summed E-state index contributed by atoms with van der Waals surface area (Å²) < 4.78 is 40.3. The summed E-state index contributed by atoms with van der Waals surface area (Å²) in [6.07, 6.45) is 0.203. The van der Waals surface area contributed by atoms with E-state index in [1.807, 2.05) is 66.1 Å². The van der Waals surface area contributed by atoms with Crippen LogP contribution in [0, 0.1) is 6.92 Å². The molecule has 4 aromatic rings. The first-order chi connectivity index (χ1) is 21.6. The highest BCUT2D eigenvalue weighted by molar-refractivity contribution is 7.99. The first kappa shape index (κ1) is 35.1. The molecule has 0 spiro atoms. The van der Waals surface area contributed by atoms with Gasteiger partial charge in [-0.3, -0.25) is 14.6 Å². The number of halogens is 3. The van der Waals surface area contributed by atoms with Gasteiger partial charge in [0.15, 0.2) is 0 Å². The number of pyridine rings is 1. The third-order valence-electron chi connectivity index (χ3n) is 6.58. The largest absolute Gasteiger partial charge is 0.417 e. The highest BCUT2D eigenvalue weighted by Gasteiger charge is 2.30. The topological polar surface area (TPSA) is 86.4 Å². The maximum Gasteiger partial charge on any atom is 0.417 e. The normalized spacial score (nSPS) is 10.8. The molecule has 1 aromatic heterocycles. The predicted molar refractivity (Wildman–Crippen MR) is 175 cm³/mol. The second kappa shape index (κ2) is 17.8. The summed E-state index contributed by atoms with van der Waals surface area (Å²) >= 11 is 1.45. The lowest BCUT2D eigenvalue weighted by molar-refractivity contribution is -0.137. The summed E-state index contributed by atoms with van der Waals surface area (Å²) in [5, 5.41) is 8.78. The number of benzene rings is 3. The Bertz CT molecular complexity index is 1500. The van der Waals surface area contributed by atoms with Crippen LogP contribution >= 0.6 is 11.9 Å². The van der Waals surface area contributed by atoms with Crippen LogP contribution in [0.25, 0.3) is 0 Å². The molecular weight excluding hydrogens is 599 g/mol. The molecule has 7 nitrogen and oxygen atoms in total. The van der Waals surface area contributed by atoms with Gasteiger partial charge in [0.25, 0.3) is 11.8 Å². The number of anilines is 1. The predicted octanol–water partition coefficient (Wildman–Crippen LogP) is 6.65. The zero-order chi connectivity index (χ0) is 32.7. The monoisotopic (exact) mass is 637 g/mol. The van der Waals surface area contributed by atoms with Crippen LogP contribution in [0.1, 0.15) is 49.4 Å². The SMILES string of the molecule is CSN(C)c1cc(C(=O)NCCCNCc2cncc(C(F)(F)F)c2)cc(C(=O)NCc2ccccc2)c1.Cc1ccccc1. The van der Waals surface area contributed by atoms with E-state index < -0.39 is 11.7 Å². The lowest BCUT2D eigenvalue weighted by Gasteiger charge is -2.18. The lowest BCUT2D eigenvalue weighted by Crippen LogP contribution is -2.28. The second-order valence-electron chi connectivity index (χ2n) is 10.1.